The van der Waals surface area contributed by atoms with Crippen LogP contribution >= 0.6 is 0 Å². The Balaban J connectivity index is 1.36. The van der Waals surface area contributed by atoms with Crippen molar-refractivity contribution >= 4 is 23.3 Å². The molecule has 12 heteroatoms. The molecule has 0 bridgehead atoms. The van der Waals surface area contributed by atoms with Crippen LogP contribution in [0.4, 0.5) is 22.8 Å². The first-order valence-corrected chi connectivity index (χ1v) is 15.0. The molecule has 0 unspecified atom stereocenters. The minimum Gasteiger partial charge on any atom is -0.465 e. The van der Waals surface area contributed by atoms with E-state index in [0.717, 1.165) is 31.2 Å². The van der Waals surface area contributed by atoms with E-state index in [0.29, 0.717) is 34.4 Å². The van der Waals surface area contributed by atoms with Gasteiger partial charge in [-0.15, -0.1) is 0 Å². The first-order chi connectivity index (χ1) is 20.8. The van der Waals surface area contributed by atoms with Crippen molar-refractivity contribution in [2.75, 3.05) is 6.54 Å². The largest absolute Gasteiger partial charge is 0.465 e. The van der Waals surface area contributed by atoms with Crippen LogP contribution in [0, 0.1) is 17.8 Å². The summed E-state index contributed by atoms with van der Waals surface area (Å²) in [4.78, 5) is 30.8. The lowest BCUT2D eigenvalue weighted by Gasteiger charge is -2.34. The quantitative estimate of drug-likeness (QED) is 0.200. The van der Waals surface area contributed by atoms with Gasteiger partial charge in [-0.1, -0.05) is 36.4 Å². The van der Waals surface area contributed by atoms with Crippen LogP contribution in [0.2, 0.25) is 0 Å². The van der Waals surface area contributed by atoms with Crippen molar-refractivity contribution < 1.29 is 37.0 Å². The van der Waals surface area contributed by atoms with Gasteiger partial charge in [0.15, 0.2) is 5.58 Å². The Morgan fingerprint density at radius 2 is 1.70 bits per heavy atom. The van der Waals surface area contributed by atoms with Crippen LogP contribution in [-0.4, -0.2) is 51.5 Å². The molecule has 2 aliphatic rings. The van der Waals surface area contributed by atoms with E-state index in [1.807, 2.05) is 30.3 Å². The highest BCUT2D eigenvalue weighted by Gasteiger charge is 2.50. The maximum atomic E-state index is 13.7. The summed E-state index contributed by atoms with van der Waals surface area (Å²) < 4.78 is 52.5. The molecule has 238 valence electrons. The Morgan fingerprint density at radius 3 is 2.27 bits per heavy atom. The fourth-order valence-corrected chi connectivity index (χ4v) is 5.71. The number of hydrogen-bond donors (Lipinski definition) is 3. The van der Waals surface area contributed by atoms with Gasteiger partial charge in [-0.3, -0.25) is 4.90 Å². The third-order valence-corrected chi connectivity index (χ3v) is 7.99. The zero-order valence-corrected chi connectivity index (χ0v) is 25.1. The summed E-state index contributed by atoms with van der Waals surface area (Å²) in [5, 5.41) is 15.0. The van der Waals surface area contributed by atoms with Crippen molar-refractivity contribution in [3.8, 4) is 0 Å². The number of carbonyl (C=O) groups is 2. The lowest BCUT2D eigenvalue weighted by molar-refractivity contribution is -0.154. The number of nitrogens with zero attached hydrogens (tertiary/aromatic N) is 2. The molecule has 0 aliphatic heterocycles. The van der Waals surface area contributed by atoms with E-state index in [4.69, 9.17) is 14.1 Å². The zero-order chi connectivity index (χ0) is 31.6. The van der Waals surface area contributed by atoms with Gasteiger partial charge in [-0.05, 0) is 87.5 Å². The lowest BCUT2D eigenvalue weighted by Crippen LogP contribution is -2.50. The normalized spacial score (nSPS) is 17.0. The highest BCUT2D eigenvalue weighted by Crippen LogP contribution is 2.56. The maximum Gasteiger partial charge on any atom is 0.408 e. The molecular formula is C32H39F3N4O5. The predicted octanol–water partition coefficient (Wildman–Crippen LogP) is 7.03. The number of nitrogens with one attached hydrogen (secondary N) is 2. The molecule has 2 aliphatic carbocycles. The van der Waals surface area contributed by atoms with Gasteiger partial charge in [0.2, 0.25) is 5.89 Å². The van der Waals surface area contributed by atoms with E-state index >= 15 is 0 Å². The Labute approximate surface area is 254 Å². The number of aromatic nitrogens is 1. The van der Waals surface area contributed by atoms with Gasteiger partial charge in [0.1, 0.15) is 23.2 Å². The molecule has 3 aromatic rings. The topological polar surface area (TPSA) is 117 Å². The van der Waals surface area contributed by atoms with Crippen LogP contribution in [0.15, 0.2) is 52.9 Å². The van der Waals surface area contributed by atoms with E-state index in [9.17, 15) is 27.9 Å². The van der Waals surface area contributed by atoms with Crippen LogP contribution < -0.4 is 10.6 Å². The van der Waals surface area contributed by atoms with Gasteiger partial charge in [-0.25, -0.2) is 14.6 Å². The zero-order valence-electron chi connectivity index (χ0n) is 25.1. The summed E-state index contributed by atoms with van der Waals surface area (Å²) in [5.41, 5.74) is 1.42. The van der Waals surface area contributed by atoms with E-state index in [1.54, 1.807) is 39.0 Å². The number of ether oxygens (including phenoxy) is 1. The van der Waals surface area contributed by atoms with Crippen molar-refractivity contribution in [3.05, 3.63) is 65.5 Å². The molecule has 2 aromatic carbocycles. The molecule has 0 saturated heterocycles. The third kappa shape index (κ3) is 8.22. The van der Waals surface area contributed by atoms with Crippen molar-refractivity contribution in [2.45, 2.75) is 83.4 Å². The minimum atomic E-state index is -4.62. The minimum absolute atomic E-state index is 0.0778. The molecule has 1 aromatic heterocycles. The van der Waals surface area contributed by atoms with E-state index in [-0.39, 0.29) is 19.0 Å². The molecule has 0 spiro atoms. The number of hydrogen-bond acceptors (Lipinski definition) is 6. The van der Waals surface area contributed by atoms with Gasteiger partial charge < -0.3 is 24.9 Å². The summed E-state index contributed by atoms with van der Waals surface area (Å²) in [6, 6.07) is 11.7. The number of halogens is 3. The van der Waals surface area contributed by atoms with E-state index < -0.39 is 42.6 Å². The summed E-state index contributed by atoms with van der Waals surface area (Å²) >= 11 is 0. The van der Waals surface area contributed by atoms with Crippen LogP contribution in [0.3, 0.4) is 0 Å². The molecule has 0 radical (unpaired) electrons. The fourth-order valence-electron chi connectivity index (χ4n) is 5.71. The number of fused-ring (bicyclic) bond motifs is 1. The summed E-state index contributed by atoms with van der Waals surface area (Å²) in [6.45, 7) is 4.21. The number of benzene rings is 2. The highest BCUT2D eigenvalue weighted by atomic mass is 19.4. The van der Waals surface area contributed by atoms with Crippen LogP contribution in [-0.2, 0) is 17.8 Å². The van der Waals surface area contributed by atoms with Gasteiger partial charge in [-0.2, -0.15) is 13.2 Å². The fraction of sp³-hybridized carbons (Fsp3) is 0.531. The van der Waals surface area contributed by atoms with Crippen molar-refractivity contribution in [1.29, 1.82) is 0 Å². The van der Waals surface area contributed by atoms with Crippen LogP contribution in [0.5, 0.6) is 0 Å². The van der Waals surface area contributed by atoms with Crippen LogP contribution in [0.25, 0.3) is 11.1 Å². The molecule has 2 amide bonds. The molecule has 5 rings (SSSR count). The van der Waals surface area contributed by atoms with E-state index in [2.05, 4.69) is 10.6 Å². The number of carboxylic acid groups (broad SMARTS) is 1. The Morgan fingerprint density at radius 1 is 1.05 bits per heavy atom. The molecule has 2 atom stereocenters. The number of carbonyl (C=O) groups excluding carboxylic acids is 1. The number of alkyl halides is 3. The molecular weight excluding hydrogens is 577 g/mol. The summed E-state index contributed by atoms with van der Waals surface area (Å²) in [5.74, 6) is 1.18. The number of oxazole rings is 1. The third-order valence-electron chi connectivity index (χ3n) is 7.99. The first kappa shape index (κ1) is 31.6. The van der Waals surface area contributed by atoms with Crippen molar-refractivity contribution in [3.63, 3.8) is 0 Å². The molecule has 2 fully saturated rings. The Bertz CT molecular complexity index is 1440. The second kappa shape index (κ2) is 12.7. The first-order valence-electron chi connectivity index (χ1n) is 15.0. The van der Waals surface area contributed by atoms with Gasteiger partial charge in [0.05, 0.1) is 0 Å². The second-order valence-corrected chi connectivity index (χ2v) is 12.8. The smallest absolute Gasteiger partial charge is 0.408 e. The molecule has 44 heavy (non-hydrogen) atoms. The second-order valence-electron chi connectivity index (χ2n) is 12.8. The summed E-state index contributed by atoms with van der Waals surface area (Å²) in [7, 11) is 0. The SMILES string of the molecule is CC(C)(C)OC(=O)NC[C@@H](NCc1ccc2oc([C@H](C(C3CC3)C3CC3)N(Cc3ccccc3)C(=O)O)nc2c1)C(F)(F)F. The number of amides is 2. The molecule has 1 heterocycles. The molecule has 9 nitrogen and oxygen atoms in total. The maximum absolute atomic E-state index is 13.7. The monoisotopic (exact) mass is 616 g/mol. The Kier molecular flexibility index (Phi) is 9.10. The Hall–Kier alpha value is -3.80. The average molecular weight is 617 g/mol. The van der Waals surface area contributed by atoms with E-state index in [1.165, 1.54) is 4.90 Å². The number of rotatable bonds is 12. The molecule has 3 N–H and O–H groups in total. The highest BCUT2D eigenvalue weighted by molar-refractivity contribution is 5.74. The average Bonchev–Trinajstić information content (AvgIpc) is 3.87. The standard InChI is InChI=1S/C32H39F3N4O5/c1-31(2,3)44-29(40)37-17-25(32(33,34)35)36-16-20-9-14-24-23(15-20)38-28(43-24)27(26(21-10-11-21)22-12-13-22)39(30(41)42)18-19-7-5-4-6-8-19/h4-9,14-15,21-22,25-27,36H,10-13,16-18H2,1-3H3,(H,37,40)(H,41,42)/t25-,27+/m1/s1. The number of alkyl carbamates (subject to hydrolysis) is 1. The molecule has 2 saturated carbocycles. The van der Waals surface area contributed by atoms with Crippen molar-refractivity contribution in [2.24, 2.45) is 17.8 Å². The van der Waals surface area contributed by atoms with Crippen LogP contribution in [0.1, 0.15) is 69.5 Å². The van der Waals surface area contributed by atoms with Crippen molar-refractivity contribution in [1.82, 2.24) is 20.5 Å². The predicted molar refractivity (Wildman–Crippen MR) is 157 cm³/mol. The lowest BCUT2D eigenvalue weighted by atomic mass is 9.88. The van der Waals surface area contributed by atoms with Gasteiger partial charge >= 0.3 is 18.4 Å². The van der Waals surface area contributed by atoms with Gasteiger partial charge in [0.25, 0.3) is 0 Å². The van der Waals surface area contributed by atoms with Gasteiger partial charge in [0, 0.05) is 19.6 Å². The summed E-state index contributed by atoms with van der Waals surface area (Å²) in [6.07, 6.45) is -2.46.